The van der Waals surface area contributed by atoms with Crippen molar-refractivity contribution in [2.45, 2.75) is 0 Å². The molecule has 0 bridgehead atoms. The summed E-state index contributed by atoms with van der Waals surface area (Å²) in [6, 6.07) is 37.6. The molecule has 23 heteroatoms. The van der Waals surface area contributed by atoms with Crippen LogP contribution in [0.3, 0.4) is 0 Å². The number of hydrogen-bond donors (Lipinski definition) is 0. The zero-order valence-corrected chi connectivity index (χ0v) is 56.7. The van der Waals surface area contributed by atoms with Crippen LogP contribution in [0.25, 0.3) is 100 Å². The summed E-state index contributed by atoms with van der Waals surface area (Å²) in [6.45, 7) is 0. The summed E-state index contributed by atoms with van der Waals surface area (Å²) in [7, 11) is 0. The van der Waals surface area contributed by atoms with Crippen LogP contribution in [0.15, 0.2) is 173 Å². The van der Waals surface area contributed by atoms with E-state index in [4.69, 9.17) is 13.3 Å². The van der Waals surface area contributed by atoms with Gasteiger partial charge in [0, 0.05) is 112 Å². The normalized spacial score (nSPS) is 10.9. The number of halogens is 6. The molecule has 0 aromatic heterocycles. The Labute approximate surface area is 570 Å². The third-order valence-electron chi connectivity index (χ3n) is 12.8. The Kier molecular flexibility index (Phi) is 20.0. The molecule has 6 aromatic rings. The number of carboxylic acids is 3. The molecule has 0 amide bonds. The Balaban J connectivity index is 0.000000161. The van der Waals surface area contributed by atoms with Gasteiger partial charge in [0.2, 0.25) is 0 Å². The Bertz CT molecular complexity index is 4260. The molecule has 0 saturated carbocycles. The first-order chi connectivity index (χ1) is 38.7. The highest BCUT2D eigenvalue weighted by atomic mass is 127. The van der Waals surface area contributed by atoms with Gasteiger partial charge in [-0.05, 0) is 189 Å². The van der Waals surface area contributed by atoms with Gasteiger partial charge in [0.1, 0.15) is 27.5 Å². The van der Waals surface area contributed by atoms with E-state index >= 15 is 0 Å². The number of benzene rings is 9. The van der Waals surface area contributed by atoms with Crippen molar-refractivity contribution in [1.82, 2.24) is 0 Å². The van der Waals surface area contributed by atoms with Gasteiger partial charge in [0.15, 0.2) is 33.6 Å². The first kappa shape index (κ1) is 63.7. The minimum atomic E-state index is -1.31. The maximum absolute atomic E-state index is 12.1. The van der Waals surface area contributed by atoms with E-state index in [1.54, 1.807) is 91.0 Å². The van der Waals surface area contributed by atoms with Crippen LogP contribution >= 0.6 is 136 Å². The van der Waals surface area contributed by atoms with Crippen molar-refractivity contribution in [2.24, 2.45) is 0 Å². The van der Waals surface area contributed by atoms with Gasteiger partial charge in [-0.25, -0.2) is 0 Å². The minimum Gasteiger partial charge on any atom is -0.872 e. The van der Waals surface area contributed by atoms with E-state index in [1.165, 1.54) is 54.6 Å². The van der Waals surface area contributed by atoms with Gasteiger partial charge in [-0.1, -0.05) is 126 Å². The van der Waals surface area contributed by atoms with E-state index < -0.39 is 17.9 Å². The smallest absolute Gasteiger partial charge is 0.195 e. The van der Waals surface area contributed by atoms with Crippen molar-refractivity contribution in [3.05, 3.63) is 214 Å². The predicted octanol–water partition coefficient (Wildman–Crippen LogP) is 8.87. The van der Waals surface area contributed by atoms with Crippen LogP contribution in [0.5, 0.6) is 17.2 Å². The maximum Gasteiger partial charge on any atom is 0.195 e. The van der Waals surface area contributed by atoms with E-state index in [-0.39, 0.29) is 84.9 Å². The Hall–Kier alpha value is -5.36. The molecular formula is C60H24Al2I6O15-6. The summed E-state index contributed by atoms with van der Waals surface area (Å²) in [4.78, 5) is 71.3. The average Bonchev–Trinajstić information content (AvgIpc) is 3.11. The zero-order chi connectivity index (χ0) is 57.9. The summed E-state index contributed by atoms with van der Waals surface area (Å²) in [6.07, 6.45) is 0. The number of rotatable bonds is 6. The van der Waals surface area contributed by atoms with Crippen LogP contribution in [-0.2, 0) is 0 Å². The Morgan fingerprint density at radius 3 is 0.795 bits per heavy atom. The fourth-order valence-electron chi connectivity index (χ4n) is 9.26. The van der Waals surface area contributed by atoms with E-state index in [1.807, 2.05) is 136 Å². The highest BCUT2D eigenvalue weighted by molar-refractivity contribution is 14.1. The molecule has 3 aliphatic carbocycles. The molecule has 3 heterocycles. The van der Waals surface area contributed by atoms with Crippen molar-refractivity contribution in [3.8, 4) is 84.6 Å². The molecule has 15 nitrogen and oxygen atoms in total. The molecule has 0 atom stereocenters. The van der Waals surface area contributed by atoms with E-state index in [0.717, 1.165) is 0 Å². The molecular weight excluding hydrogens is 1780 g/mol. The van der Waals surface area contributed by atoms with Crippen LogP contribution in [0.2, 0.25) is 0 Å². The predicted molar refractivity (Wildman–Crippen MR) is 353 cm³/mol. The molecule has 0 saturated heterocycles. The lowest BCUT2D eigenvalue weighted by molar-refractivity contribution is -0.270. The van der Waals surface area contributed by atoms with Gasteiger partial charge in [-0.2, -0.15) is 0 Å². The van der Waals surface area contributed by atoms with Crippen molar-refractivity contribution in [3.63, 3.8) is 0 Å². The lowest BCUT2D eigenvalue weighted by atomic mass is 9.91. The summed E-state index contributed by atoms with van der Waals surface area (Å²) < 4.78 is 20.1. The molecule has 12 rings (SSSR count). The monoisotopic (exact) mass is 1800 g/mol. The lowest BCUT2D eigenvalue weighted by Gasteiger charge is -2.20. The average molecular weight is 1800 g/mol. The highest BCUT2D eigenvalue weighted by Gasteiger charge is 2.27. The molecule has 6 aromatic carbocycles. The van der Waals surface area contributed by atoms with Crippen molar-refractivity contribution < 1.29 is 58.3 Å². The molecule has 408 valence electrons. The largest absolute Gasteiger partial charge is 0.872 e. The number of hydrogen-bond acceptors (Lipinski definition) is 15. The summed E-state index contributed by atoms with van der Waals surface area (Å²) in [5.74, 6) is -3.59. The first-order valence-corrected chi connectivity index (χ1v) is 29.7. The molecule has 3 aliphatic heterocycles. The van der Waals surface area contributed by atoms with Gasteiger partial charge >= 0.3 is 0 Å². The van der Waals surface area contributed by atoms with Gasteiger partial charge < -0.3 is 58.3 Å². The van der Waals surface area contributed by atoms with E-state index in [0.29, 0.717) is 122 Å². The molecule has 0 fully saturated rings. The standard InChI is InChI=1S/3C20H10I2O5.2Al/c3*21-16-13(23)7-5-11-15(9-3-1-2-4-10(9)20(25)26)12-6-8-14(24)17(22)19(12)27-18(11)16;;/h3*1-8,23H,(H,25,26);;/p-6. The lowest BCUT2D eigenvalue weighted by Crippen LogP contribution is -2.23. The fourth-order valence-corrected chi connectivity index (χ4v) is 12.7. The number of carboxylic acid groups (broad SMARTS) is 3. The second-order valence-corrected chi connectivity index (χ2v) is 23.9. The van der Waals surface area contributed by atoms with Crippen LogP contribution < -0.4 is 46.9 Å². The van der Waals surface area contributed by atoms with Gasteiger partial charge in [-0.15, -0.1) is 0 Å². The van der Waals surface area contributed by atoms with Crippen molar-refractivity contribution in [2.75, 3.05) is 0 Å². The molecule has 83 heavy (non-hydrogen) atoms. The molecule has 6 radical (unpaired) electrons. The highest BCUT2D eigenvalue weighted by Crippen LogP contribution is 2.48. The number of carbonyl (C=O) groups is 3. The zero-order valence-electron chi connectivity index (χ0n) is 41.4. The fraction of sp³-hybridized carbons (Fsp3) is 0. The van der Waals surface area contributed by atoms with Gasteiger partial charge in [0.05, 0.1) is 17.9 Å². The van der Waals surface area contributed by atoms with Crippen LogP contribution in [0, 0.1) is 21.4 Å². The van der Waals surface area contributed by atoms with Crippen molar-refractivity contribution >= 4 is 221 Å². The Morgan fingerprint density at radius 1 is 0.313 bits per heavy atom. The number of carbonyl (C=O) groups excluding carboxylic acids is 3. The molecule has 6 aliphatic rings. The SMILES string of the molecule is O=C([O-])c1ccccc1-c1c2ccc(=O)c(I)c-2oc2c(I)c([O-])ccc12.O=C([O-])c1ccccc1-c1c2ccc(=O)c(I)c-2oc2c(I)c([O-])ccc12.O=C([O-])c1ccccc1-c1c2ccc(=O)c(I)c-2oc2c(I)c([O-])ccc12.[Al].[Al]. The quantitative estimate of drug-likeness (QED) is 0.0853. The molecule has 0 N–H and O–H groups in total. The maximum atomic E-state index is 12.1. The molecule has 0 spiro atoms. The van der Waals surface area contributed by atoms with E-state index in [9.17, 15) is 59.4 Å². The van der Waals surface area contributed by atoms with Crippen LogP contribution in [0.4, 0.5) is 0 Å². The van der Waals surface area contributed by atoms with Gasteiger partial charge in [-0.3, -0.25) is 14.4 Å². The second-order valence-electron chi connectivity index (χ2n) is 17.5. The number of aromatic carboxylic acids is 3. The third-order valence-corrected chi connectivity index (χ3v) is 19.0. The second kappa shape index (κ2) is 26.1. The third kappa shape index (κ3) is 11.9. The van der Waals surface area contributed by atoms with E-state index in [2.05, 4.69) is 0 Å². The van der Waals surface area contributed by atoms with Crippen molar-refractivity contribution in [1.29, 1.82) is 0 Å². The topological polar surface area (TPSA) is 280 Å². The number of fused-ring (bicyclic) bond motifs is 6. The first-order valence-electron chi connectivity index (χ1n) is 23.3. The minimum absolute atomic E-state index is 0. The Morgan fingerprint density at radius 2 is 0.554 bits per heavy atom. The van der Waals surface area contributed by atoms with Crippen LogP contribution in [-0.4, -0.2) is 52.6 Å². The summed E-state index contributed by atoms with van der Waals surface area (Å²) in [5.41, 5.74) is 5.25. The summed E-state index contributed by atoms with van der Waals surface area (Å²) >= 11 is 11.4. The van der Waals surface area contributed by atoms with Crippen LogP contribution in [0.1, 0.15) is 31.1 Å². The summed E-state index contributed by atoms with van der Waals surface area (Å²) in [5, 5.41) is 73.1. The van der Waals surface area contributed by atoms with Gasteiger partial charge in [0.25, 0.3) is 0 Å². The molecule has 0 unspecified atom stereocenters.